The van der Waals surface area contributed by atoms with Gasteiger partial charge >= 0.3 is 11.3 Å². The molecule has 1 rings (SSSR count). The first-order chi connectivity index (χ1) is 10.8. The van der Waals surface area contributed by atoms with Crippen LogP contribution in [0.2, 0.25) is 0 Å². The Labute approximate surface area is 137 Å². The minimum atomic E-state index is -1.23. The van der Waals surface area contributed by atoms with Gasteiger partial charge in [0.1, 0.15) is 17.6 Å². The Morgan fingerprint density at radius 3 is 2.26 bits per heavy atom. The molecule has 7 nitrogen and oxygen atoms in total. The second-order valence-electron chi connectivity index (χ2n) is 4.78. The highest BCUT2D eigenvalue weighted by atomic mass is 32.2. The van der Waals surface area contributed by atoms with E-state index in [0.717, 1.165) is 5.56 Å². The lowest BCUT2D eigenvalue weighted by atomic mass is 10.1. The van der Waals surface area contributed by atoms with Crippen molar-refractivity contribution in [1.29, 1.82) is 0 Å². The molecule has 0 unspecified atom stereocenters. The number of carboxylic acids is 1. The maximum absolute atomic E-state index is 11.7. The molecule has 1 aromatic rings. The number of thioether (sulfide) groups is 1. The van der Waals surface area contributed by atoms with Gasteiger partial charge in [-0.3, -0.25) is 9.59 Å². The Kier molecular flexibility index (Phi) is 7.27. The van der Waals surface area contributed by atoms with Crippen molar-refractivity contribution in [3.63, 3.8) is 0 Å². The molecule has 0 aliphatic rings. The number of aliphatic carboxylic acids is 1. The van der Waals surface area contributed by atoms with Gasteiger partial charge in [0, 0.05) is 19.1 Å². The molecule has 0 fully saturated rings. The summed E-state index contributed by atoms with van der Waals surface area (Å²) < 4.78 is 5.04. The van der Waals surface area contributed by atoms with Crippen molar-refractivity contribution in [3.05, 3.63) is 29.8 Å². The fourth-order valence-electron chi connectivity index (χ4n) is 1.66. The summed E-state index contributed by atoms with van der Waals surface area (Å²) in [6.07, 6.45) is 0.306. The number of hydrogen-bond acceptors (Lipinski definition) is 6. The highest BCUT2D eigenvalue weighted by molar-refractivity contribution is 8.13. The average molecular weight is 339 g/mol. The number of hydrogen-bond donors (Lipinski definition) is 2. The molecular weight excluding hydrogens is 322 g/mol. The van der Waals surface area contributed by atoms with Crippen molar-refractivity contribution < 1.29 is 29.0 Å². The van der Waals surface area contributed by atoms with E-state index < -0.39 is 23.2 Å². The number of benzene rings is 1. The van der Waals surface area contributed by atoms with E-state index in [2.05, 4.69) is 5.32 Å². The Morgan fingerprint density at radius 2 is 1.78 bits per heavy atom. The number of carbonyl (C=O) groups is 4. The van der Waals surface area contributed by atoms with Crippen molar-refractivity contribution in [2.24, 2.45) is 0 Å². The molecule has 0 aliphatic heterocycles. The molecule has 1 atom stereocenters. The van der Waals surface area contributed by atoms with Crippen LogP contribution in [0.5, 0.6) is 5.75 Å². The van der Waals surface area contributed by atoms with Crippen LogP contribution < -0.4 is 10.1 Å². The van der Waals surface area contributed by atoms with Gasteiger partial charge in [0.15, 0.2) is 0 Å². The van der Waals surface area contributed by atoms with E-state index in [0.29, 0.717) is 23.9 Å². The Balaban J connectivity index is 2.51. The van der Waals surface area contributed by atoms with Crippen molar-refractivity contribution in [1.82, 2.24) is 5.32 Å². The number of rotatable bonds is 7. The predicted octanol–water partition coefficient (Wildman–Crippen LogP) is 1.64. The Bertz CT molecular complexity index is 598. The summed E-state index contributed by atoms with van der Waals surface area (Å²) in [5, 5.41) is 10.5. The third kappa shape index (κ3) is 7.46. The van der Waals surface area contributed by atoms with Crippen molar-refractivity contribution in [3.8, 4) is 5.75 Å². The lowest BCUT2D eigenvalue weighted by molar-refractivity contribution is -0.140. The molecule has 0 spiro atoms. The SMILES string of the molecule is CC(=O)Cc1ccc(OC(=O)SC[C@@H](NC(C)=O)C(=O)O)cc1. The highest BCUT2D eigenvalue weighted by Gasteiger charge is 2.20. The van der Waals surface area contributed by atoms with Crippen LogP contribution in [0.15, 0.2) is 24.3 Å². The van der Waals surface area contributed by atoms with E-state index in [1.807, 2.05) is 0 Å². The van der Waals surface area contributed by atoms with Crippen LogP contribution >= 0.6 is 11.8 Å². The molecule has 0 aliphatic carbocycles. The molecule has 0 saturated heterocycles. The minimum absolute atomic E-state index is 0.0305. The maximum Gasteiger partial charge on any atom is 0.372 e. The second kappa shape index (κ2) is 8.94. The zero-order chi connectivity index (χ0) is 17.4. The number of carbonyl (C=O) groups excluding carboxylic acids is 3. The smallest absolute Gasteiger partial charge is 0.372 e. The average Bonchev–Trinajstić information content (AvgIpc) is 2.44. The number of nitrogens with one attached hydrogen (secondary N) is 1. The molecule has 2 N–H and O–H groups in total. The van der Waals surface area contributed by atoms with Gasteiger partial charge in [0.2, 0.25) is 5.91 Å². The molecule has 0 aromatic heterocycles. The zero-order valence-electron chi connectivity index (χ0n) is 12.7. The van der Waals surface area contributed by atoms with E-state index in [1.54, 1.807) is 24.3 Å². The monoisotopic (exact) mass is 339 g/mol. The number of amides is 1. The van der Waals surface area contributed by atoms with Crippen LogP contribution in [-0.2, 0) is 20.8 Å². The summed E-state index contributed by atoms with van der Waals surface area (Å²) in [6, 6.07) is 5.29. The molecule has 1 aromatic carbocycles. The third-order valence-corrected chi connectivity index (χ3v) is 3.44. The van der Waals surface area contributed by atoms with Gasteiger partial charge in [-0.1, -0.05) is 12.1 Å². The first kappa shape index (κ1) is 18.7. The van der Waals surface area contributed by atoms with Crippen LogP contribution in [0.1, 0.15) is 19.4 Å². The first-order valence-electron chi connectivity index (χ1n) is 6.71. The van der Waals surface area contributed by atoms with Gasteiger partial charge in [-0.25, -0.2) is 9.59 Å². The summed E-state index contributed by atoms with van der Waals surface area (Å²) >= 11 is 0.654. The molecule has 0 heterocycles. The summed E-state index contributed by atoms with van der Waals surface area (Å²) in [4.78, 5) is 44.5. The van der Waals surface area contributed by atoms with Gasteiger partial charge < -0.3 is 15.2 Å². The van der Waals surface area contributed by atoms with Gasteiger partial charge in [-0.2, -0.15) is 0 Å². The Hall–Kier alpha value is -2.35. The second-order valence-corrected chi connectivity index (χ2v) is 5.73. The van der Waals surface area contributed by atoms with Crippen LogP contribution in [-0.4, -0.2) is 39.9 Å². The lowest BCUT2D eigenvalue weighted by Crippen LogP contribution is -2.41. The molecule has 0 radical (unpaired) electrons. The van der Waals surface area contributed by atoms with E-state index >= 15 is 0 Å². The molecule has 8 heteroatoms. The normalized spacial score (nSPS) is 11.4. The first-order valence-corrected chi connectivity index (χ1v) is 7.69. The van der Waals surface area contributed by atoms with Gasteiger partial charge in [-0.05, 0) is 36.4 Å². The van der Waals surface area contributed by atoms with Crippen molar-refractivity contribution in [2.75, 3.05) is 5.75 Å². The van der Waals surface area contributed by atoms with Gasteiger partial charge in [0.25, 0.3) is 0 Å². The number of ether oxygens (including phenoxy) is 1. The lowest BCUT2D eigenvalue weighted by Gasteiger charge is -2.12. The molecule has 1 amide bonds. The fraction of sp³-hybridized carbons (Fsp3) is 0.333. The maximum atomic E-state index is 11.7. The summed E-state index contributed by atoms with van der Waals surface area (Å²) in [6.45, 7) is 2.68. The standard InChI is InChI=1S/C15H17NO6S/c1-9(17)7-11-3-5-12(6-4-11)22-15(21)23-8-13(14(19)20)16-10(2)18/h3-6,13H,7-8H2,1-2H3,(H,16,18)(H,19,20)/t13-/m1/s1. The minimum Gasteiger partial charge on any atom is -0.480 e. The number of Topliss-reactive ketones (excluding diaryl/α,β-unsaturated/α-hetero) is 1. The van der Waals surface area contributed by atoms with Crippen molar-refractivity contribution >= 4 is 34.7 Å². The highest BCUT2D eigenvalue weighted by Crippen LogP contribution is 2.17. The number of ketones is 1. The fourth-order valence-corrected chi connectivity index (χ4v) is 2.34. The topological polar surface area (TPSA) is 110 Å². The number of carboxylic acid groups (broad SMARTS) is 1. The molecule has 23 heavy (non-hydrogen) atoms. The summed E-state index contributed by atoms with van der Waals surface area (Å²) in [7, 11) is 0. The van der Waals surface area contributed by atoms with Gasteiger partial charge in [0.05, 0.1) is 0 Å². The van der Waals surface area contributed by atoms with E-state index in [9.17, 15) is 19.2 Å². The molecule has 0 saturated carbocycles. The van der Waals surface area contributed by atoms with Crippen LogP contribution in [0.4, 0.5) is 4.79 Å². The van der Waals surface area contributed by atoms with Crippen LogP contribution in [0, 0.1) is 0 Å². The third-order valence-electron chi connectivity index (χ3n) is 2.62. The zero-order valence-corrected chi connectivity index (χ0v) is 13.5. The van der Waals surface area contributed by atoms with E-state index in [-0.39, 0.29) is 11.5 Å². The Morgan fingerprint density at radius 1 is 1.17 bits per heavy atom. The summed E-state index contributed by atoms with van der Waals surface area (Å²) in [5.74, 6) is -1.54. The van der Waals surface area contributed by atoms with E-state index in [1.165, 1.54) is 13.8 Å². The predicted molar refractivity (Wildman–Crippen MR) is 84.5 cm³/mol. The molecule has 0 bridgehead atoms. The van der Waals surface area contributed by atoms with Gasteiger partial charge in [-0.15, -0.1) is 0 Å². The molecule has 124 valence electrons. The van der Waals surface area contributed by atoms with Crippen molar-refractivity contribution in [2.45, 2.75) is 26.3 Å². The quantitative estimate of drug-likeness (QED) is 0.727. The van der Waals surface area contributed by atoms with Crippen LogP contribution in [0.25, 0.3) is 0 Å². The summed E-state index contributed by atoms with van der Waals surface area (Å²) in [5.41, 5.74) is 0.807. The van der Waals surface area contributed by atoms with E-state index in [4.69, 9.17) is 9.84 Å². The van der Waals surface area contributed by atoms with Crippen LogP contribution in [0.3, 0.4) is 0 Å². The largest absolute Gasteiger partial charge is 0.480 e. The molecular formula is C15H17NO6S.